The van der Waals surface area contributed by atoms with Crippen molar-refractivity contribution in [2.75, 3.05) is 13.6 Å². The Kier molecular flexibility index (Phi) is 4.59. The first-order valence-electron chi connectivity index (χ1n) is 8.76. The van der Waals surface area contributed by atoms with Crippen molar-refractivity contribution >= 4 is 16.7 Å². The zero-order chi connectivity index (χ0) is 17.3. The molecule has 0 bridgehead atoms. The Morgan fingerprint density at radius 1 is 1.33 bits per heavy atom. The molecule has 0 aliphatic carbocycles. The second-order valence-electron chi connectivity index (χ2n) is 7.47. The summed E-state index contributed by atoms with van der Waals surface area (Å²) in [4.78, 5) is 19.7. The Hall–Kier alpha value is -1.94. The predicted molar refractivity (Wildman–Crippen MR) is 97.7 cm³/mol. The number of nitrogens with one attached hydrogen (secondary N) is 1. The molecule has 0 spiro atoms. The van der Waals surface area contributed by atoms with E-state index in [4.69, 9.17) is 0 Å². The van der Waals surface area contributed by atoms with Crippen LogP contribution < -0.4 is 5.32 Å². The molecule has 2 aromatic rings. The van der Waals surface area contributed by atoms with E-state index in [0.29, 0.717) is 6.04 Å². The Labute approximate surface area is 144 Å². The van der Waals surface area contributed by atoms with Crippen molar-refractivity contribution in [2.45, 2.75) is 45.2 Å². The number of benzene rings is 1. The topological polar surface area (TPSA) is 45.2 Å². The first-order chi connectivity index (χ1) is 11.4. The van der Waals surface area contributed by atoms with E-state index in [1.54, 1.807) is 0 Å². The van der Waals surface area contributed by atoms with Gasteiger partial charge in [0.25, 0.3) is 0 Å². The van der Waals surface area contributed by atoms with Gasteiger partial charge in [0.15, 0.2) is 0 Å². The number of rotatable bonds is 4. The summed E-state index contributed by atoms with van der Waals surface area (Å²) in [7, 11) is 2.11. The maximum absolute atomic E-state index is 12.8. The van der Waals surface area contributed by atoms with Crippen LogP contribution in [0.25, 0.3) is 10.8 Å². The highest BCUT2D eigenvalue weighted by molar-refractivity contribution is 5.86. The number of likely N-dealkylation sites (tertiary alicyclic amines) is 1. The van der Waals surface area contributed by atoms with Gasteiger partial charge >= 0.3 is 0 Å². The summed E-state index contributed by atoms with van der Waals surface area (Å²) in [6, 6.07) is 10.5. The summed E-state index contributed by atoms with van der Waals surface area (Å²) in [6.07, 6.45) is 4.09. The van der Waals surface area contributed by atoms with Crippen LogP contribution in [-0.4, -0.2) is 35.4 Å². The van der Waals surface area contributed by atoms with Crippen LogP contribution in [0.2, 0.25) is 0 Å². The lowest BCUT2D eigenvalue weighted by atomic mass is 9.92. The van der Waals surface area contributed by atoms with Crippen LogP contribution in [0, 0.1) is 5.92 Å². The molecule has 4 nitrogen and oxygen atoms in total. The van der Waals surface area contributed by atoms with Crippen molar-refractivity contribution in [1.29, 1.82) is 0 Å². The molecule has 1 fully saturated rings. The van der Waals surface area contributed by atoms with Gasteiger partial charge in [-0.3, -0.25) is 9.78 Å². The zero-order valence-electron chi connectivity index (χ0n) is 15.0. The third-order valence-electron chi connectivity index (χ3n) is 5.27. The molecular formula is C20H27N3O. The number of amides is 1. The largest absolute Gasteiger partial charge is 0.345 e. The maximum atomic E-state index is 12.8. The Morgan fingerprint density at radius 3 is 2.79 bits per heavy atom. The first kappa shape index (κ1) is 16.9. The number of hydrogen-bond donors (Lipinski definition) is 1. The van der Waals surface area contributed by atoms with Crippen molar-refractivity contribution in [1.82, 2.24) is 15.2 Å². The van der Waals surface area contributed by atoms with Gasteiger partial charge in [0, 0.05) is 17.6 Å². The molecule has 3 rings (SSSR count). The molecule has 1 aromatic carbocycles. The van der Waals surface area contributed by atoms with E-state index in [2.05, 4.69) is 34.4 Å². The molecule has 0 unspecified atom stereocenters. The van der Waals surface area contributed by atoms with E-state index in [1.165, 1.54) is 6.42 Å². The fourth-order valence-corrected chi connectivity index (χ4v) is 3.84. The summed E-state index contributed by atoms with van der Waals surface area (Å²) < 4.78 is 0. The SMILES string of the molecule is C[C@H](C(=O)NC(C)(C)c1nccc2ccccc12)[C@@H]1CCCN1C. The van der Waals surface area contributed by atoms with E-state index < -0.39 is 5.54 Å². The number of carbonyl (C=O) groups is 1. The van der Waals surface area contributed by atoms with Crippen molar-refractivity contribution in [3.8, 4) is 0 Å². The molecule has 0 radical (unpaired) electrons. The molecule has 0 saturated carbocycles. The van der Waals surface area contributed by atoms with Gasteiger partial charge in [-0.05, 0) is 51.7 Å². The summed E-state index contributed by atoms with van der Waals surface area (Å²) >= 11 is 0. The Bertz CT molecular complexity index is 735. The zero-order valence-corrected chi connectivity index (χ0v) is 15.0. The molecule has 128 valence electrons. The highest BCUT2D eigenvalue weighted by Gasteiger charge is 2.34. The van der Waals surface area contributed by atoms with Crippen molar-refractivity contribution < 1.29 is 4.79 Å². The standard InChI is InChI=1S/C20H27N3O/c1-14(17-10-7-13-23(17)4)19(24)22-20(2,3)18-16-9-6-5-8-15(16)11-12-21-18/h5-6,8-9,11-12,14,17H,7,10,13H2,1-4H3,(H,22,24)/t14-,17-/m0/s1. The minimum Gasteiger partial charge on any atom is -0.345 e. The minimum atomic E-state index is -0.511. The molecule has 1 N–H and O–H groups in total. The molecule has 2 heterocycles. The van der Waals surface area contributed by atoms with Crippen LogP contribution in [0.3, 0.4) is 0 Å². The lowest BCUT2D eigenvalue weighted by Crippen LogP contribution is -2.48. The highest BCUT2D eigenvalue weighted by Crippen LogP contribution is 2.28. The highest BCUT2D eigenvalue weighted by atomic mass is 16.2. The maximum Gasteiger partial charge on any atom is 0.225 e. The molecule has 1 amide bonds. The number of hydrogen-bond acceptors (Lipinski definition) is 3. The second-order valence-corrected chi connectivity index (χ2v) is 7.47. The van der Waals surface area contributed by atoms with Crippen molar-refractivity contribution in [3.63, 3.8) is 0 Å². The lowest BCUT2D eigenvalue weighted by molar-refractivity contribution is -0.127. The quantitative estimate of drug-likeness (QED) is 0.938. The van der Waals surface area contributed by atoms with Gasteiger partial charge in [-0.25, -0.2) is 0 Å². The summed E-state index contributed by atoms with van der Waals surface area (Å²) in [6.45, 7) is 7.18. The van der Waals surface area contributed by atoms with Crippen LogP contribution in [0.1, 0.15) is 39.3 Å². The average molecular weight is 325 g/mol. The smallest absolute Gasteiger partial charge is 0.225 e. The van der Waals surface area contributed by atoms with Crippen molar-refractivity contribution in [2.24, 2.45) is 5.92 Å². The van der Waals surface area contributed by atoms with Gasteiger partial charge in [-0.2, -0.15) is 0 Å². The molecular weight excluding hydrogens is 298 g/mol. The van der Waals surface area contributed by atoms with Gasteiger partial charge < -0.3 is 10.2 Å². The number of pyridine rings is 1. The molecule has 1 aliphatic rings. The third-order valence-corrected chi connectivity index (χ3v) is 5.27. The average Bonchev–Trinajstić information content (AvgIpc) is 2.99. The number of carbonyl (C=O) groups excluding carboxylic acids is 1. The Morgan fingerprint density at radius 2 is 2.08 bits per heavy atom. The first-order valence-corrected chi connectivity index (χ1v) is 8.76. The number of nitrogens with zero attached hydrogens (tertiary/aromatic N) is 2. The van der Waals surface area contributed by atoms with E-state index in [9.17, 15) is 4.79 Å². The van der Waals surface area contributed by atoms with Crippen LogP contribution in [-0.2, 0) is 10.3 Å². The van der Waals surface area contributed by atoms with Crippen molar-refractivity contribution in [3.05, 3.63) is 42.2 Å². The summed E-state index contributed by atoms with van der Waals surface area (Å²) in [5.41, 5.74) is 0.407. The summed E-state index contributed by atoms with van der Waals surface area (Å²) in [5, 5.41) is 5.47. The monoisotopic (exact) mass is 325 g/mol. The molecule has 1 saturated heterocycles. The van der Waals surface area contributed by atoms with E-state index in [1.807, 2.05) is 45.2 Å². The van der Waals surface area contributed by atoms with Gasteiger partial charge in [0.1, 0.15) is 0 Å². The second kappa shape index (κ2) is 6.52. The van der Waals surface area contributed by atoms with Crippen LogP contribution >= 0.6 is 0 Å². The molecule has 4 heteroatoms. The van der Waals surface area contributed by atoms with Gasteiger partial charge in [0.05, 0.1) is 17.2 Å². The Balaban J connectivity index is 1.83. The fourth-order valence-electron chi connectivity index (χ4n) is 3.84. The van der Waals surface area contributed by atoms with E-state index in [0.717, 1.165) is 29.4 Å². The van der Waals surface area contributed by atoms with E-state index >= 15 is 0 Å². The fraction of sp³-hybridized carbons (Fsp3) is 0.500. The van der Waals surface area contributed by atoms with Gasteiger partial charge in [0.2, 0.25) is 5.91 Å². The molecule has 1 aliphatic heterocycles. The normalized spacial score (nSPS) is 20.2. The van der Waals surface area contributed by atoms with Gasteiger partial charge in [-0.15, -0.1) is 0 Å². The third kappa shape index (κ3) is 3.16. The van der Waals surface area contributed by atoms with Crippen LogP contribution in [0.5, 0.6) is 0 Å². The number of fused-ring (bicyclic) bond motifs is 1. The minimum absolute atomic E-state index is 0.0215. The van der Waals surface area contributed by atoms with E-state index in [-0.39, 0.29) is 11.8 Å². The molecule has 24 heavy (non-hydrogen) atoms. The molecule has 1 aromatic heterocycles. The number of aromatic nitrogens is 1. The van der Waals surface area contributed by atoms with Gasteiger partial charge in [-0.1, -0.05) is 31.2 Å². The summed E-state index contributed by atoms with van der Waals surface area (Å²) in [5.74, 6) is 0.0836. The lowest BCUT2D eigenvalue weighted by Gasteiger charge is -2.31. The molecule has 2 atom stereocenters. The van der Waals surface area contributed by atoms with Crippen LogP contribution in [0.4, 0.5) is 0 Å². The van der Waals surface area contributed by atoms with Crippen LogP contribution in [0.15, 0.2) is 36.5 Å². The predicted octanol–water partition coefficient (Wildman–Crippen LogP) is 3.32.